The molecule has 1 aromatic heterocycles. The van der Waals surface area contributed by atoms with Crippen molar-refractivity contribution in [3.05, 3.63) is 29.5 Å². The van der Waals surface area contributed by atoms with Crippen LogP contribution in [0.15, 0.2) is 34.6 Å². The molecule has 0 aliphatic rings. The Labute approximate surface area is 149 Å². The number of hydrogen-bond acceptors (Lipinski definition) is 6. The molecule has 2 aromatic rings. The summed E-state index contributed by atoms with van der Waals surface area (Å²) < 4.78 is 27.2. The van der Waals surface area contributed by atoms with Gasteiger partial charge in [0.2, 0.25) is 15.9 Å². The first kappa shape index (κ1) is 18.7. The monoisotopic (exact) mass is 389 g/mol. The quantitative estimate of drug-likeness (QED) is 0.751. The number of rotatable bonds is 6. The summed E-state index contributed by atoms with van der Waals surface area (Å²) in [6.45, 7) is 0. The first-order valence-electron chi connectivity index (χ1n) is 6.70. The zero-order valence-electron chi connectivity index (χ0n) is 13.2. The first-order valence-corrected chi connectivity index (χ1v) is 9.51. The second kappa shape index (κ2) is 7.51. The van der Waals surface area contributed by atoms with Gasteiger partial charge < -0.3 is 9.88 Å². The number of aryl methyl sites for hydroxylation is 1. The fraction of sp³-hybridized carbons (Fsp3) is 0.308. The number of halogens is 1. The lowest BCUT2D eigenvalue weighted by Gasteiger charge is -2.14. The minimum Gasteiger partial charge on any atom is -0.325 e. The van der Waals surface area contributed by atoms with Gasteiger partial charge in [-0.3, -0.25) is 4.79 Å². The standard InChI is InChI=1S/C13H16ClN5O3S2/c1-18(2)24(21,22)11-6-9(4-5-10(11)14)16-12(20)7-23-13-17-15-8-19(13)3/h4-6,8H,7H2,1-3H3,(H,16,20). The topological polar surface area (TPSA) is 97.2 Å². The summed E-state index contributed by atoms with van der Waals surface area (Å²) in [4.78, 5) is 12.0. The van der Waals surface area contributed by atoms with Crippen LogP contribution in [0.4, 0.5) is 5.69 Å². The molecule has 1 amide bonds. The number of nitrogens with zero attached hydrogens (tertiary/aromatic N) is 4. The third-order valence-electron chi connectivity index (χ3n) is 2.98. The zero-order chi connectivity index (χ0) is 17.9. The Balaban J connectivity index is 2.10. The van der Waals surface area contributed by atoms with E-state index < -0.39 is 10.0 Å². The van der Waals surface area contributed by atoms with Gasteiger partial charge in [-0.2, -0.15) is 0 Å². The van der Waals surface area contributed by atoms with Crippen LogP contribution < -0.4 is 5.32 Å². The SMILES string of the molecule is CN(C)S(=O)(=O)c1cc(NC(=O)CSc2nncn2C)ccc1Cl. The van der Waals surface area contributed by atoms with Crippen molar-refractivity contribution in [1.82, 2.24) is 19.1 Å². The molecule has 1 heterocycles. The van der Waals surface area contributed by atoms with Gasteiger partial charge in [0.25, 0.3) is 0 Å². The van der Waals surface area contributed by atoms with Crippen LogP contribution in [0.25, 0.3) is 0 Å². The summed E-state index contributed by atoms with van der Waals surface area (Å²) in [7, 11) is 0.902. The highest BCUT2D eigenvalue weighted by Gasteiger charge is 2.21. The molecule has 0 unspecified atom stereocenters. The summed E-state index contributed by atoms with van der Waals surface area (Å²) in [6.07, 6.45) is 1.54. The number of carbonyl (C=O) groups is 1. The van der Waals surface area contributed by atoms with Gasteiger partial charge in [0.05, 0.1) is 10.8 Å². The molecule has 11 heteroatoms. The summed E-state index contributed by atoms with van der Waals surface area (Å²) >= 11 is 7.19. The maximum Gasteiger partial charge on any atom is 0.244 e. The molecule has 0 fully saturated rings. The van der Waals surface area contributed by atoms with E-state index in [9.17, 15) is 13.2 Å². The number of amides is 1. The lowest BCUT2D eigenvalue weighted by atomic mass is 10.3. The molecule has 0 aliphatic heterocycles. The molecule has 0 aliphatic carbocycles. The van der Waals surface area contributed by atoms with Crippen LogP contribution in [0, 0.1) is 0 Å². The van der Waals surface area contributed by atoms with Crippen LogP contribution in [0.5, 0.6) is 0 Å². The van der Waals surface area contributed by atoms with Gasteiger partial charge in [0.15, 0.2) is 5.16 Å². The van der Waals surface area contributed by atoms with E-state index in [-0.39, 0.29) is 21.6 Å². The summed E-state index contributed by atoms with van der Waals surface area (Å²) in [6, 6.07) is 4.31. The maximum absolute atomic E-state index is 12.2. The van der Waals surface area contributed by atoms with Crippen LogP contribution in [0.3, 0.4) is 0 Å². The van der Waals surface area contributed by atoms with Crippen molar-refractivity contribution in [2.24, 2.45) is 7.05 Å². The van der Waals surface area contributed by atoms with Crippen molar-refractivity contribution >= 4 is 45.0 Å². The molecule has 0 spiro atoms. The molecule has 1 aromatic carbocycles. The number of aromatic nitrogens is 3. The van der Waals surface area contributed by atoms with Gasteiger partial charge in [-0.05, 0) is 18.2 Å². The lowest BCUT2D eigenvalue weighted by Crippen LogP contribution is -2.23. The van der Waals surface area contributed by atoms with E-state index in [1.165, 1.54) is 44.3 Å². The molecule has 1 N–H and O–H groups in total. The second-order valence-corrected chi connectivity index (χ2v) is 8.46. The highest BCUT2D eigenvalue weighted by Crippen LogP contribution is 2.27. The predicted molar refractivity (Wildman–Crippen MR) is 92.7 cm³/mol. The fourth-order valence-corrected chi connectivity index (χ4v) is 3.79. The molecule has 0 saturated carbocycles. The van der Waals surface area contributed by atoms with Gasteiger partial charge in [-0.25, -0.2) is 12.7 Å². The van der Waals surface area contributed by atoms with E-state index in [0.29, 0.717) is 10.8 Å². The Morgan fingerprint density at radius 1 is 1.42 bits per heavy atom. The molecule has 0 atom stereocenters. The van der Waals surface area contributed by atoms with Crippen LogP contribution in [-0.4, -0.2) is 53.2 Å². The zero-order valence-corrected chi connectivity index (χ0v) is 15.6. The number of anilines is 1. The van der Waals surface area contributed by atoms with Gasteiger partial charge in [-0.15, -0.1) is 10.2 Å². The van der Waals surface area contributed by atoms with Crippen molar-refractivity contribution < 1.29 is 13.2 Å². The molecule has 130 valence electrons. The van der Waals surface area contributed by atoms with Crippen LogP contribution in [0.2, 0.25) is 5.02 Å². The molecule has 0 radical (unpaired) electrons. The van der Waals surface area contributed by atoms with Crippen molar-refractivity contribution in [2.75, 3.05) is 25.2 Å². The van der Waals surface area contributed by atoms with Gasteiger partial charge >= 0.3 is 0 Å². The molecular weight excluding hydrogens is 374 g/mol. The minimum atomic E-state index is -3.70. The molecule has 2 rings (SSSR count). The Kier molecular flexibility index (Phi) is 5.86. The third-order valence-corrected chi connectivity index (χ3v) is 6.31. The highest BCUT2D eigenvalue weighted by atomic mass is 35.5. The Morgan fingerprint density at radius 2 is 2.12 bits per heavy atom. The Bertz CT molecular complexity index is 851. The van der Waals surface area contributed by atoms with Gasteiger partial charge in [-0.1, -0.05) is 23.4 Å². The summed E-state index contributed by atoms with van der Waals surface area (Å²) in [5, 5.41) is 10.9. The molecule has 0 saturated heterocycles. The first-order chi connectivity index (χ1) is 11.2. The molecule has 0 bridgehead atoms. The average Bonchev–Trinajstić information content (AvgIpc) is 2.92. The van der Waals surface area contributed by atoms with Gasteiger partial charge in [0, 0.05) is 26.8 Å². The number of benzene rings is 1. The van der Waals surface area contributed by atoms with Crippen LogP contribution in [-0.2, 0) is 21.9 Å². The highest BCUT2D eigenvalue weighted by molar-refractivity contribution is 7.99. The number of hydrogen-bond donors (Lipinski definition) is 1. The van der Waals surface area contributed by atoms with E-state index >= 15 is 0 Å². The molecule has 24 heavy (non-hydrogen) atoms. The number of thioether (sulfide) groups is 1. The van der Waals surface area contributed by atoms with Crippen molar-refractivity contribution in [3.63, 3.8) is 0 Å². The van der Waals surface area contributed by atoms with E-state index in [1.54, 1.807) is 17.7 Å². The van der Waals surface area contributed by atoms with Crippen molar-refractivity contribution in [3.8, 4) is 0 Å². The van der Waals surface area contributed by atoms with E-state index in [1.807, 2.05) is 0 Å². The smallest absolute Gasteiger partial charge is 0.244 e. The van der Waals surface area contributed by atoms with Crippen molar-refractivity contribution in [1.29, 1.82) is 0 Å². The van der Waals surface area contributed by atoms with Crippen LogP contribution >= 0.6 is 23.4 Å². The lowest BCUT2D eigenvalue weighted by molar-refractivity contribution is -0.113. The predicted octanol–water partition coefficient (Wildman–Crippen LogP) is 1.45. The second-order valence-electron chi connectivity index (χ2n) is 4.99. The van der Waals surface area contributed by atoms with Gasteiger partial charge in [0.1, 0.15) is 11.2 Å². The number of carbonyl (C=O) groups excluding carboxylic acids is 1. The van der Waals surface area contributed by atoms with E-state index in [2.05, 4.69) is 15.5 Å². The largest absolute Gasteiger partial charge is 0.325 e. The summed E-state index contributed by atoms with van der Waals surface area (Å²) in [5.41, 5.74) is 0.350. The fourth-order valence-electron chi connectivity index (χ4n) is 1.71. The number of nitrogens with one attached hydrogen (secondary N) is 1. The Morgan fingerprint density at radius 3 is 2.71 bits per heavy atom. The molecular formula is C13H16ClN5O3S2. The van der Waals surface area contributed by atoms with E-state index in [4.69, 9.17) is 11.6 Å². The normalized spacial score (nSPS) is 11.7. The minimum absolute atomic E-state index is 0.0621. The molecule has 8 nitrogen and oxygen atoms in total. The summed E-state index contributed by atoms with van der Waals surface area (Å²) in [5.74, 6) is -0.177. The van der Waals surface area contributed by atoms with Crippen LogP contribution in [0.1, 0.15) is 0 Å². The maximum atomic E-state index is 12.2. The van der Waals surface area contributed by atoms with Crippen molar-refractivity contribution in [2.45, 2.75) is 10.1 Å². The third kappa shape index (κ3) is 4.26. The van der Waals surface area contributed by atoms with E-state index in [0.717, 1.165) is 4.31 Å². The average molecular weight is 390 g/mol. The Hall–Kier alpha value is -1.62. The number of sulfonamides is 1.